The lowest BCUT2D eigenvalue weighted by molar-refractivity contribution is 0.0924. The molecule has 0 spiro atoms. The molecular weight excluding hydrogens is 272 g/mol. The number of ether oxygens (including phenoxy) is 2. The highest BCUT2D eigenvalue weighted by atomic mass is 35.5. The summed E-state index contributed by atoms with van der Waals surface area (Å²) in [5.41, 5.74) is 2.04. The first kappa shape index (κ1) is 16.9. The maximum absolute atomic E-state index is 5.70. The van der Waals surface area contributed by atoms with Crippen LogP contribution in [-0.2, 0) is 4.74 Å². The molecule has 0 aliphatic rings. The van der Waals surface area contributed by atoms with Gasteiger partial charge in [-0.05, 0) is 43.0 Å². The molecule has 0 aliphatic heterocycles. The van der Waals surface area contributed by atoms with E-state index in [-0.39, 0.29) is 0 Å². The maximum atomic E-state index is 5.70. The molecule has 0 unspecified atom stereocenters. The number of hydrogen-bond acceptors (Lipinski definition) is 2. The van der Waals surface area contributed by atoms with E-state index in [4.69, 9.17) is 21.1 Å². The Bertz CT molecular complexity index is 458. The molecule has 0 aromatic heterocycles. The van der Waals surface area contributed by atoms with Crippen LogP contribution in [0.1, 0.15) is 31.4 Å². The van der Waals surface area contributed by atoms with Crippen molar-refractivity contribution in [2.45, 2.75) is 27.2 Å². The minimum atomic E-state index is 0.352. The fourth-order valence-corrected chi connectivity index (χ4v) is 1.72. The van der Waals surface area contributed by atoms with Gasteiger partial charge in [0.25, 0.3) is 0 Å². The minimum absolute atomic E-state index is 0.352. The quantitative estimate of drug-likeness (QED) is 0.429. The Labute approximate surface area is 127 Å². The van der Waals surface area contributed by atoms with Gasteiger partial charge in [0.05, 0.1) is 12.5 Å². The Kier molecular flexibility index (Phi) is 8.18. The predicted molar refractivity (Wildman–Crippen MR) is 84.5 cm³/mol. The summed E-state index contributed by atoms with van der Waals surface area (Å²) < 4.78 is 11.2. The summed E-state index contributed by atoms with van der Waals surface area (Å²) in [4.78, 5) is 0. The van der Waals surface area contributed by atoms with Gasteiger partial charge in [-0.3, -0.25) is 0 Å². The minimum Gasteiger partial charge on any atom is -0.491 e. The molecule has 0 radical (unpaired) electrons. The summed E-state index contributed by atoms with van der Waals surface area (Å²) in [7, 11) is 0. The highest BCUT2D eigenvalue weighted by molar-refractivity contribution is 6.19. The van der Waals surface area contributed by atoms with E-state index in [1.54, 1.807) is 0 Å². The Morgan fingerprint density at radius 2 is 2.00 bits per heavy atom. The topological polar surface area (TPSA) is 18.5 Å². The van der Waals surface area contributed by atoms with Crippen molar-refractivity contribution in [3.8, 4) is 17.6 Å². The molecule has 1 rings (SSSR count). The first-order valence-corrected chi connectivity index (χ1v) is 7.53. The van der Waals surface area contributed by atoms with Crippen molar-refractivity contribution in [3.05, 3.63) is 29.3 Å². The van der Waals surface area contributed by atoms with Crippen molar-refractivity contribution >= 4 is 11.6 Å². The zero-order chi connectivity index (χ0) is 14.8. The number of benzene rings is 1. The van der Waals surface area contributed by atoms with Gasteiger partial charge in [-0.15, -0.1) is 11.6 Å². The van der Waals surface area contributed by atoms with Gasteiger partial charge in [0.1, 0.15) is 12.4 Å². The number of alkyl halides is 1. The summed E-state index contributed by atoms with van der Waals surface area (Å²) in [6, 6.07) is 5.90. The van der Waals surface area contributed by atoms with Crippen LogP contribution in [0.15, 0.2) is 18.2 Å². The number of rotatable bonds is 7. The first-order chi connectivity index (χ1) is 9.63. The highest BCUT2D eigenvalue weighted by Gasteiger charge is 2.00. The molecule has 0 bridgehead atoms. The molecule has 3 heteroatoms. The molecule has 0 saturated heterocycles. The number of halogens is 1. The smallest absolute Gasteiger partial charge is 0.122 e. The van der Waals surface area contributed by atoms with E-state index in [0.717, 1.165) is 29.9 Å². The van der Waals surface area contributed by atoms with Crippen LogP contribution in [0.5, 0.6) is 5.75 Å². The average Bonchev–Trinajstić information content (AvgIpc) is 2.41. The lowest BCUT2D eigenvalue weighted by Crippen LogP contribution is -2.09. The van der Waals surface area contributed by atoms with Gasteiger partial charge in [0.2, 0.25) is 0 Å². The molecule has 0 N–H and O–H groups in total. The van der Waals surface area contributed by atoms with Crippen molar-refractivity contribution in [1.82, 2.24) is 0 Å². The van der Waals surface area contributed by atoms with Gasteiger partial charge in [-0.1, -0.05) is 25.7 Å². The fourth-order valence-electron chi connectivity index (χ4n) is 1.66. The van der Waals surface area contributed by atoms with E-state index in [1.807, 2.05) is 25.1 Å². The van der Waals surface area contributed by atoms with Crippen molar-refractivity contribution in [2.24, 2.45) is 5.92 Å². The molecule has 1 aromatic rings. The van der Waals surface area contributed by atoms with Crippen LogP contribution in [0, 0.1) is 24.7 Å². The van der Waals surface area contributed by atoms with Crippen molar-refractivity contribution in [2.75, 3.05) is 25.7 Å². The Hall–Kier alpha value is -1.17. The number of aryl methyl sites for hydroxylation is 1. The van der Waals surface area contributed by atoms with Crippen molar-refractivity contribution in [3.63, 3.8) is 0 Å². The summed E-state index contributed by atoms with van der Waals surface area (Å²) in [6.07, 6.45) is 1.09. The van der Waals surface area contributed by atoms with E-state index >= 15 is 0 Å². The third-order valence-corrected chi connectivity index (χ3v) is 2.93. The lowest BCUT2D eigenvalue weighted by atomic mass is 10.1. The predicted octanol–water partition coefficient (Wildman–Crippen LogP) is 4.03. The van der Waals surface area contributed by atoms with Crippen LogP contribution in [0.3, 0.4) is 0 Å². The molecule has 0 saturated carbocycles. The molecule has 0 amide bonds. The van der Waals surface area contributed by atoms with Crippen LogP contribution in [0.4, 0.5) is 0 Å². The molecule has 0 heterocycles. The highest BCUT2D eigenvalue weighted by Crippen LogP contribution is 2.18. The van der Waals surface area contributed by atoms with Gasteiger partial charge < -0.3 is 9.47 Å². The molecule has 110 valence electrons. The van der Waals surface area contributed by atoms with Crippen LogP contribution >= 0.6 is 11.6 Å². The fraction of sp³-hybridized carbons (Fsp3) is 0.529. The first-order valence-electron chi connectivity index (χ1n) is 6.99. The standard InChI is InChI=1S/C17H23ClO2/c1-14(2)8-10-19-11-12-20-17-7-6-16(5-4-9-18)13-15(17)3/h6-7,13-14H,8-12H2,1-3H3. The maximum Gasteiger partial charge on any atom is 0.122 e. The third-order valence-electron chi connectivity index (χ3n) is 2.80. The summed E-state index contributed by atoms with van der Waals surface area (Å²) >= 11 is 5.54. The van der Waals surface area contributed by atoms with Crippen molar-refractivity contribution < 1.29 is 9.47 Å². The van der Waals surface area contributed by atoms with E-state index in [9.17, 15) is 0 Å². The summed E-state index contributed by atoms with van der Waals surface area (Å²) in [5, 5.41) is 0. The molecule has 0 atom stereocenters. The molecule has 20 heavy (non-hydrogen) atoms. The van der Waals surface area contributed by atoms with Gasteiger partial charge in [-0.2, -0.15) is 0 Å². The zero-order valence-corrected chi connectivity index (χ0v) is 13.3. The molecular formula is C17H23ClO2. The monoisotopic (exact) mass is 294 g/mol. The van der Waals surface area contributed by atoms with Gasteiger partial charge in [-0.25, -0.2) is 0 Å². The van der Waals surface area contributed by atoms with Crippen LogP contribution in [-0.4, -0.2) is 25.7 Å². The van der Waals surface area contributed by atoms with Gasteiger partial charge >= 0.3 is 0 Å². The van der Waals surface area contributed by atoms with E-state index in [1.165, 1.54) is 0 Å². The number of hydrogen-bond donors (Lipinski definition) is 0. The SMILES string of the molecule is Cc1cc(C#CCCl)ccc1OCCOCCC(C)C. The Balaban J connectivity index is 2.34. The summed E-state index contributed by atoms with van der Waals surface area (Å²) in [5.74, 6) is 7.75. The Morgan fingerprint density at radius 1 is 1.20 bits per heavy atom. The third kappa shape index (κ3) is 6.84. The largest absolute Gasteiger partial charge is 0.491 e. The second-order valence-corrected chi connectivity index (χ2v) is 5.33. The molecule has 1 aromatic carbocycles. The van der Waals surface area contributed by atoms with Gasteiger partial charge in [0, 0.05) is 12.2 Å². The van der Waals surface area contributed by atoms with Crippen LogP contribution in [0.25, 0.3) is 0 Å². The zero-order valence-electron chi connectivity index (χ0n) is 12.5. The normalized spacial score (nSPS) is 10.2. The molecule has 0 fully saturated rings. The summed E-state index contributed by atoms with van der Waals surface area (Å²) in [6.45, 7) is 8.40. The van der Waals surface area contributed by atoms with Crippen molar-refractivity contribution in [1.29, 1.82) is 0 Å². The van der Waals surface area contributed by atoms with Gasteiger partial charge in [0.15, 0.2) is 0 Å². The average molecular weight is 295 g/mol. The second-order valence-electron chi connectivity index (χ2n) is 5.06. The molecule has 0 aliphatic carbocycles. The lowest BCUT2D eigenvalue weighted by Gasteiger charge is -2.10. The van der Waals surface area contributed by atoms with Crippen LogP contribution < -0.4 is 4.74 Å². The van der Waals surface area contributed by atoms with E-state index in [2.05, 4.69) is 25.7 Å². The van der Waals surface area contributed by atoms with Crippen LogP contribution in [0.2, 0.25) is 0 Å². The van der Waals surface area contributed by atoms with E-state index in [0.29, 0.717) is 25.0 Å². The van der Waals surface area contributed by atoms with E-state index < -0.39 is 0 Å². The Morgan fingerprint density at radius 3 is 2.65 bits per heavy atom. The second kappa shape index (κ2) is 9.69. The molecule has 2 nitrogen and oxygen atoms in total.